The Balaban J connectivity index is 1.77. The number of hydrogen-bond acceptors (Lipinski definition) is 3. The van der Waals surface area contributed by atoms with E-state index >= 15 is 0 Å². The molecule has 0 atom stereocenters. The standard InChI is InChI=1S/C15H15BrN2S/c16-13-5-3-9-17-15(13)19-14-6-2-1-4-11(14)10-18-12-7-8-12/h1-6,9,12,18H,7-8,10H2. The molecule has 1 heterocycles. The molecule has 1 aliphatic rings. The van der Waals surface area contributed by atoms with Crippen molar-refractivity contribution in [1.82, 2.24) is 10.3 Å². The Morgan fingerprint density at radius 2 is 2.05 bits per heavy atom. The molecule has 3 rings (SSSR count). The molecule has 0 saturated heterocycles. The lowest BCUT2D eigenvalue weighted by atomic mass is 10.2. The Labute approximate surface area is 126 Å². The minimum absolute atomic E-state index is 0.736. The lowest BCUT2D eigenvalue weighted by molar-refractivity contribution is 0.680. The zero-order valence-electron chi connectivity index (χ0n) is 10.5. The molecule has 1 aliphatic carbocycles. The Hall–Kier alpha value is -0.840. The molecule has 19 heavy (non-hydrogen) atoms. The van der Waals surface area contributed by atoms with E-state index in [1.54, 1.807) is 11.8 Å². The maximum atomic E-state index is 4.42. The summed E-state index contributed by atoms with van der Waals surface area (Å²) in [4.78, 5) is 5.69. The van der Waals surface area contributed by atoms with Crippen LogP contribution in [0.3, 0.4) is 0 Å². The fourth-order valence-electron chi connectivity index (χ4n) is 1.84. The van der Waals surface area contributed by atoms with Gasteiger partial charge in [0.05, 0.1) is 4.47 Å². The van der Waals surface area contributed by atoms with Crippen LogP contribution in [0.1, 0.15) is 18.4 Å². The van der Waals surface area contributed by atoms with E-state index in [2.05, 4.69) is 50.5 Å². The SMILES string of the molecule is Brc1cccnc1Sc1ccccc1CNC1CC1. The number of nitrogens with one attached hydrogen (secondary N) is 1. The number of aromatic nitrogens is 1. The van der Waals surface area contributed by atoms with E-state index in [-0.39, 0.29) is 0 Å². The van der Waals surface area contributed by atoms with Crippen LogP contribution in [0.15, 0.2) is 57.0 Å². The van der Waals surface area contributed by atoms with Crippen molar-refractivity contribution >= 4 is 27.7 Å². The van der Waals surface area contributed by atoms with Crippen LogP contribution in [0, 0.1) is 0 Å². The molecule has 1 aromatic heterocycles. The zero-order valence-corrected chi connectivity index (χ0v) is 12.9. The van der Waals surface area contributed by atoms with Crippen LogP contribution >= 0.6 is 27.7 Å². The minimum Gasteiger partial charge on any atom is -0.310 e. The van der Waals surface area contributed by atoms with Gasteiger partial charge in [-0.2, -0.15) is 0 Å². The molecular formula is C15H15BrN2S. The molecular weight excluding hydrogens is 320 g/mol. The van der Waals surface area contributed by atoms with Crippen molar-refractivity contribution < 1.29 is 0 Å². The summed E-state index contributed by atoms with van der Waals surface area (Å²) >= 11 is 5.27. The molecule has 4 heteroatoms. The smallest absolute Gasteiger partial charge is 0.115 e. The first-order valence-electron chi connectivity index (χ1n) is 6.42. The quantitative estimate of drug-likeness (QED) is 0.884. The van der Waals surface area contributed by atoms with Crippen LogP contribution in [0.5, 0.6) is 0 Å². The molecule has 2 aromatic rings. The number of benzene rings is 1. The molecule has 1 saturated carbocycles. The Bertz CT molecular complexity index is 570. The summed E-state index contributed by atoms with van der Waals surface area (Å²) in [6.07, 6.45) is 4.47. The molecule has 0 radical (unpaired) electrons. The van der Waals surface area contributed by atoms with Gasteiger partial charge in [-0.05, 0) is 52.5 Å². The predicted molar refractivity (Wildman–Crippen MR) is 82.4 cm³/mol. The summed E-state index contributed by atoms with van der Waals surface area (Å²) in [6, 6.07) is 13.2. The number of halogens is 1. The largest absolute Gasteiger partial charge is 0.310 e. The second kappa shape index (κ2) is 6.07. The molecule has 98 valence electrons. The summed E-state index contributed by atoms with van der Waals surface area (Å²) in [7, 11) is 0. The van der Waals surface area contributed by atoms with Crippen molar-refractivity contribution in [2.24, 2.45) is 0 Å². The van der Waals surface area contributed by atoms with Gasteiger partial charge in [0.2, 0.25) is 0 Å². The maximum absolute atomic E-state index is 4.42. The number of hydrogen-bond donors (Lipinski definition) is 1. The molecule has 0 amide bonds. The third-order valence-electron chi connectivity index (χ3n) is 3.06. The average molecular weight is 335 g/mol. The van der Waals surface area contributed by atoms with Gasteiger partial charge in [0.25, 0.3) is 0 Å². The second-order valence-corrected chi connectivity index (χ2v) is 6.54. The van der Waals surface area contributed by atoms with Crippen LogP contribution in [-0.2, 0) is 6.54 Å². The van der Waals surface area contributed by atoms with Crippen LogP contribution in [0.25, 0.3) is 0 Å². The fraction of sp³-hybridized carbons (Fsp3) is 0.267. The zero-order chi connectivity index (χ0) is 13.1. The van der Waals surface area contributed by atoms with Gasteiger partial charge in [-0.3, -0.25) is 0 Å². The van der Waals surface area contributed by atoms with E-state index in [0.717, 1.165) is 22.1 Å². The molecule has 0 aliphatic heterocycles. The van der Waals surface area contributed by atoms with E-state index in [1.165, 1.54) is 23.3 Å². The second-order valence-electron chi connectivity index (χ2n) is 4.66. The highest BCUT2D eigenvalue weighted by molar-refractivity contribution is 9.10. The average Bonchev–Trinajstić information content (AvgIpc) is 3.24. The number of pyridine rings is 1. The highest BCUT2D eigenvalue weighted by atomic mass is 79.9. The predicted octanol–water partition coefficient (Wildman–Crippen LogP) is 4.25. The molecule has 1 N–H and O–H groups in total. The highest BCUT2D eigenvalue weighted by Gasteiger charge is 2.20. The lowest BCUT2D eigenvalue weighted by Gasteiger charge is -2.10. The van der Waals surface area contributed by atoms with Gasteiger partial charge in [-0.25, -0.2) is 4.98 Å². The normalized spacial score (nSPS) is 14.6. The minimum atomic E-state index is 0.736. The molecule has 0 bridgehead atoms. The summed E-state index contributed by atoms with van der Waals surface area (Å²) in [5, 5.41) is 4.58. The summed E-state index contributed by atoms with van der Waals surface area (Å²) in [5.41, 5.74) is 1.34. The lowest BCUT2D eigenvalue weighted by Crippen LogP contribution is -2.15. The molecule has 2 nitrogen and oxygen atoms in total. The van der Waals surface area contributed by atoms with Crippen LogP contribution in [-0.4, -0.2) is 11.0 Å². The van der Waals surface area contributed by atoms with Gasteiger partial charge >= 0.3 is 0 Å². The first-order chi connectivity index (χ1) is 9.33. The summed E-state index contributed by atoms with van der Waals surface area (Å²) in [5.74, 6) is 0. The number of rotatable bonds is 5. The molecule has 0 unspecified atom stereocenters. The van der Waals surface area contributed by atoms with Gasteiger partial charge in [0, 0.05) is 23.7 Å². The van der Waals surface area contributed by atoms with Crippen LogP contribution in [0.4, 0.5) is 0 Å². The van der Waals surface area contributed by atoms with E-state index in [4.69, 9.17) is 0 Å². The van der Waals surface area contributed by atoms with Gasteiger partial charge in [0.15, 0.2) is 0 Å². The summed E-state index contributed by atoms with van der Waals surface area (Å²) in [6.45, 7) is 0.943. The van der Waals surface area contributed by atoms with Crippen molar-refractivity contribution in [2.75, 3.05) is 0 Å². The van der Waals surface area contributed by atoms with Crippen LogP contribution < -0.4 is 5.32 Å². The molecule has 1 fully saturated rings. The number of nitrogens with zero attached hydrogens (tertiary/aromatic N) is 1. The Morgan fingerprint density at radius 3 is 2.84 bits per heavy atom. The maximum Gasteiger partial charge on any atom is 0.115 e. The van der Waals surface area contributed by atoms with Crippen molar-refractivity contribution in [1.29, 1.82) is 0 Å². The van der Waals surface area contributed by atoms with Crippen molar-refractivity contribution in [3.63, 3.8) is 0 Å². The summed E-state index contributed by atoms with van der Waals surface area (Å²) < 4.78 is 1.05. The molecule has 0 spiro atoms. The Morgan fingerprint density at radius 1 is 1.21 bits per heavy atom. The van der Waals surface area contributed by atoms with Gasteiger partial charge in [-0.1, -0.05) is 30.0 Å². The van der Waals surface area contributed by atoms with Gasteiger partial charge in [-0.15, -0.1) is 0 Å². The third kappa shape index (κ3) is 3.59. The van der Waals surface area contributed by atoms with Crippen molar-refractivity contribution in [2.45, 2.75) is 35.3 Å². The first kappa shape index (κ1) is 13.2. The van der Waals surface area contributed by atoms with Crippen molar-refractivity contribution in [3.05, 3.63) is 52.6 Å². The Kier molecular flexibility index (Phi) is 4.21. The van der Waals surface area contributed by atoms with E-state index in [9.17, 15) is 0 Å². The van der Waals surface area contributed by atoms with E-state index in [0.29, 0.717) is 0 Å². The topological polar surface area (TPSA) is 24.9 Å². The third-order valence-corrected chi connectivity index (χ3v) is 5.10. The molecule has 1 aromatic carbocycles. The monoisotopic (exact) mass is 334 g/mol. The van der Waals surface area contributed by atoms with E-state index in [1.807, 2.05) is 18.3 Å². The van der Waals surface area contributed by atoms with E-state index < -0.39 is 0 Å². The van der Waals surface area contributed by atoms with Crippen LogP contribution in [0.2, 0.25) is 0 Å². The van der Waals surface area contributed by atoms with Gasteiger partial charge < -0.3 is 5.32 Å². The van der Waals surface area contributed by atoms with Crippen molar-refractivity contribution in [3.8, 4) is 0 Å². The van der Waals surface area contributed by atoms with Gasteiger partial charge in [0.1, 0.15) is 5.03 Å². The fourth-order valence-corrected chi connectivity index (χ4v) is 3.24. The first-order valence-corrected chi connectivity index (χ1v) is 8.03. The highest BCUT2D eigenvalue weighted by Crippen LogP contribution is 2.33.